The van der Waals surface area contributed by atoms with Crippen molar-refractivity contribution < 1.29 is 27.6 Å². The predicted octanol–water partition coefficient (Wildman–Crippen LogP) is 2.12. The molecule has 0 radical (unpaired) electrons. The lowest BCUT2D eigenvalue weighted by Gasteiger charge is -2.38. The lowest BCUT2D eigenvalue weighted by Crippen LogP contribution is -2.59. The van der Waals surface area contributed by atoms with Gasteiger partial charge in [-0.3, -0.25) is 14.8 Å². The monoisotopic (exact) mass is 518 g/mol. The number of piperazine rings is 1. The highest BCUT2D eigenvalue weighted by Crippen LogP contribution is 2.39. The van der Waals surface area contributed by atoms with Gasteiger partial charge in [0.1, 0.15) is 11.4 Å². The number of hydrogen-bond acceptors (Lipinski definition) is 6. The molecule has 0 unspecified atom stereocenters. The van der Waals surface area contributed by atoms with Crippen molar-refractivity contribution in [2.24, 2.45) is 0 Å². The molecule has 0 aromatic heterocycles. The Labute approximate surface area is 210 Å². The van der Waals surface area contributed by atoms with Gasteiger partial charge in [-0.2, -0.15) is 4.31 Å². The summed E-state index contributed by atoms with van der Waals surface area (Å²) < 4.78 is 42.2. The topological polar surface area (TPSA) is 119 Å². The van der Waals surface area contributed by atoms with Crippen molar-refractivity contribution in [3.05, 3.63) is 54.3 Å². The summed E-state index contributed by atoms with van der Waals surface area (Å²) in [5.41, 5.74) is 1.61. The SMILES string of the molecule is O=C(CCN(C1(C(=O)NO)CCCC1)S(=O)(=O)c1ccc(-c2ccc(F)cc2)cc1)N1CCNCC1. The molecule has 1 heterocycles. The number of rotatable bonds is 8. The van der Waals surface area contributed by atoms with E-state index >= 15 is 0 Å². The van der Waals surface area contributed by atoms with Crippen molar-refractivity contribution in [2.75, 3.05) is 32.7 Å². The van der Waals surface area contributed by atoms with E-state index in [2.05, 4.69) is 5.32 Å². The Morgan fingerprint density at radius 1 is 1.00 bits per heavy atom. The van der Waals surface area contributed by atoms with E-state index in [1.165, 1.54) is 24.3 Å². The highest BCUT2D eigenvalue weighted by atomic mass is 32.2. The van der Waals surface area contributed by atoms with Crippen LogP contribution in [0.5, 0.6) is 0 Å². The number of carbonyl (C=O) groups excluding carboxylic acids is 2. The smallest absolute Gasteiger partial charge is 0.264 e. The maximum Gasteiger partial charge on any atom is 0.264 e. The van der Waals surface area contributed by atoms with Crippen molar-refractivity contribution in [2.45, 2.75) is 42.5 Å². The van der Waals surface area contributed by atoms with E-state index in [0.29, 0.717) is 44.6 Å². The standard InChI is InChI=1S/C25H31FN4O5S/c26-21-7-3-19(4-8-21)20-5-9-22(10-6-20)36(34,35)30(25(24(32)28-33)12-1-2-13-25)16-11-23(31)29-17-14-27-15-18-29/h3-10,27,33H,1-2,11-18H2,(H,28,32). The predicted molar refractivity (Wildman–Crippen MR) is 131 cm³/mol. The summed E-state index contributed by atoms with van der Waals surface area (Å²) in [4.78, 5) is 27.4. The lowest BCUT2D eigenvalue weighted by molar-refractivity contribution is -0.140. The van der Waals surface area contributed by atoms with Crippen LogP contribution >= 0.6 is 0 Å². The van der Waals surface area contributed by atoms with Crippen molar-refractivity contribution in [3.8, 4) is 11.1 Å². The number of carbonyl (C=O) groups is 2. The maximum absolute atomic E-state index is 13.9. The first-order valence-corrected chi connectivity index (χ1v) is 13.5. The first-order valence-electron chi connectivity index (χ1n) is 12.1. The zero-order chi connectivity index (χ0) is 25.8. The first kappa shape index (κ1) is 26.2. The number of nitrogens with one attached hydrogen (secondary N) is 2. The minimum atomic E-state index is -4.21. The van der Waals surface area contributed by atoms with Gasteiger partial charge in [-0.05, 0) is 48.2 Å². The molecule has 9 nitrogen and oxygen atoms in total. The third-order valence-electron chi connectivity index (χ3n) is 7.05. The second-order valence-electron chi connectivity index (χ2n) is 9.17. The van der Waals surface area contributed by atoms with Crippen LogP contribution in [-0.2, 0) is 19.6 Å². The second-order valence-corrected chi connectivity index (χ2v) is 11.0. The molecule has 2 aliphatic rings. The van der Waals surface area contributed by atoms with Gasteiger partial charge in [0.25, 0.3) is 5.91 Å². The fraction of sp³-hybridized carbons (Fsp3) is 0.440. The summed E-state index contributed by atoms with van der Waals surface area (Å²) in [5, 5.41) is 12.7. The van der Waals surface area contributed by atoms with E-state index in [4.69, 9.17) is 0 Å². The number of halogens is 1. The summed E-state index contributed by atoms with van der Waals surface area (Å²) in [6.07, 6.45) is 1.65. The molecular weight excluding hydrogens is 487 g/mol. The van der Waals surface area contributed by atoms with Gasteiger partial charge in [0.2, 0.25) is 15.9 Å². The molecule has 0 bridgehead atoms. The van der Waals surface area contributed by atoms with Gasteiger partial charge in [-0.15, -0.1) is 0 Å². The number of benzene rings is 2. The fourth-order valence-electron chi connectivity index (χ4n) is 5.08. The first-order chi connectivity index (χ1) is 17.3. The number of sulfonamides is 1. The molecule has 2 aromatic rings. The molecule has 194 valence electrons. The quantitative estimate of drug-likeness (QED) is 0.364. The van der Waals surface area contributed by atoms with Crippen LogP contribution in [0.4, 0.5) is 4.39 Å². The van der Waals surface area contributed by atoms with Crippen LogP contribution in [0.25, 0.3) is 11.1 Å². The normalized spacial score (nSPS) is 17.8. The Kier molecular flexibility index (Phi) is 8.04. The van der Waals surface area contributed by atoms with Gasteiger partial charge in [0, 0.05) is 39.1 Å². The second kappa shape index (κ2) is 11.0. The number of amides is 2. The molecule has 4 rings (SSSR count). The minimum Gasteiger partial charge on any atom is -0.340 e. The van der Waals surface area contributed by atoms with E-state index in [1.807, 2.05) is 0 Å². The van der Waals surface area contributed by atoms with Crippen molar-refractivity contribution in [1.29, 1.82) is 0 Å². The maximum atomic E-state index is 13.9. The van der Waals surface area contributed by atoms with Crippen LogP contribution in [-0.4, -0.2) is 72.9 Å². The van der Waals surface area contributed by atoms with Crippen molar-refractivity contribution >= 4 is 21.8 Å². The van der Waals surface area contributed by atoms with Crippen LogP contribution in [0.3, 0.4) is 0 Å². The lowest BCUT2D eigenvalue weighted by atomic mass is 9.96. The van der Waals surface area contributed by atoms with Crippen LogP contribution in [0.15, 0.2) is 53.4 Å². The highest BCUT2D eigenvalue weighted by Gasteiger charge is 2.51. The van der Waals surface area contributed by atoms with Gasteiger partial charge in [-0.1, -0.05) is 37.1 Å². The summed E-state index contributed by atoms with van der Waals surface area (Å²) in [6.45, 7) is 2.24. The molecule has 1 saturated carbocycles. The Morgan fingerprint density at radius 3 is 2.11 bits per heavy atom. The van der Waals surface area contributed by atoms with E-state index in [0.717, 1.165) is 9.87 Å². The summed E-state index contributed by atoms with van der Waals surface area (Å²) in [7, 11) is -4.21. The van der Waals surface area contributed by atoms with Crippen LogP contribution < -0.4 is 10.8 Å². The van der Waals surface area contributed by atoms with E-state index in [-0.39, 0.29) is 42.4 Å². The minimum absolute atomic E-state index is 0.0278. The summed E-state index contributed by atoms with van der Waals surface area (Å²) in [6, 6.07) is 12.0. The zero-order valence-corrected chi connectivity index (χ0v) is 20.8. The van der Waals surface area contributed by atoms with Gasteiger partial charge in [-0.25, -0.2) is 18.3 Å². The van der Waals surface area contributed by atoms with Crippen LogP contribution in [0.2, 0.25) is 0 Å². The summed E-state index contributed by atoms with van der Waals surface area (Å²) in [5.74, 6) is -1.34. The van der Waals surface area contributed by atoms with Crippen LogP contribution in [0, 0.1) is 5.82 Å². The number of hydrogen-bond donors (Lipinski definition) is 3. The molecule has 1 aliphatic heterocycles. The molecule has 11 heteroatoms. The Hall–Kier alpha value is -2.86. The van der Waals surface area contributed by atoms with E-state index in [9.17, 15) is 27.6 Å². The largest absolute Gasteiger partial charge is 0.340 e. The Morgan fingerprint density at radius 2 is 1.56 bits per heavy atom. The molecule has 2 fully saturated rings. The Balaban J connectivity index is 1.64. The molecular formula is C25H31FN4O5S. The molecule has 0 spiro atoms. The van der Waals surface area contributed by atoms with Gasteiger partial charge in [0.05, 0.1) is 4.90 Å². The highest BCUT2D eigenvalue weighted by molar-refractivity contribution is 7.89. The van der Waals surface area contributed by atoms with Crippen molar-refractivity contribution in [3.63, 3.8) is 0 Å². The molecule has 36 heavy (non-hydrogen) atoms. The molecule has 1 saturated heterocycles. The van der Waals surface area contributed by atoms with Crippen LogP contribution in [0.1, 0.15) is 32.1 Å². The van der Waals surface area contributed by atoms with Gasteiger partial charge >= 0.3 is 0 Å². The molecule has 3 N–H and O–H groups in total. The molecule has 2 aromatic carbocycles. The third kappa shape index (κ3) is 5.29. The zero-order valence-electron chi connectivity index (χ0n) is 20.0. The van der Waals surface area contributed by atoms with Crippen molar-refractivity contribution in [1.82, 2.24) is 20.0 Å². The fourth-order valence-corrected chi connectivity index (χ4v) is 6.87. The number of nitrogens with zero attached hydrogens (tertiary/aromatic N) is 2. The average Bonchev–Trinajstić information content (AvgIpc) is 3.40. The number of hydroxylamine groups is 1. The van der Waals surface area contributed by atoms with Gasteiger partial charge < -0.3 is 10.2 Å². The molecule has 0 atom stereocenters. The average molecular weight is 519 g/mol. The third-order valence-corrected chi connectivity index (χ3v) is 9.03. The summed E-state index contributed by atoms with van der Waals surface area (Å²) >= 11 is 0. The van der Waals surface area contributed by atoms with Gasteiger partial charge in [0.15, 0.2) is 0 Å². The molecule has 1 aliphatic carbocycles. The van der Waals surface area contributed by atoms with E-state index in [1.54, 1.807) is 34.6 Å². The van der Waals surface area contributed by atoms with E-state index < -0.39 is 21.5 Å². The molecule has 2 amide bonds. The Bertz CT molecular complexity index is 1180.